The molecule has 1 aromatic heterocycles. The van der Waals surface area contributed by atoms with Crippen LogP contribution >= 0.6 is 0 Å². The summed E-state index contributed by atoms with van der Waals surface area (Å²) in [5.41, 5.74) is 1.13. The van der Waals surface area contributed by atoms with E-state index in [0.717, 1.165) is 37.6 Å². The molecule has 0 fully saturated rings. The lowest BCUT2D eigenvalue weighted by atomic mass is 10.3. The minimum absolute atomic E-state index is 0.803. The van der Waals surface area contributed by atoms with Crippen molar-refractivity contribution in [3.8, 4) is 0 Å². The highest BCUT2D eigenvalue weighted by Gasteiger charge is 2.02. The minimum Gasteiger partial charge on any atom is -0.344 e. The van der Waals surface area contributed by atoms with Crippen LogP contribution in [0.25, 0.3) is 0 Å². The average Bonchev–Trinajstić information content (AvgIpc) is 2.27. The number of nitrogens with zero attached hydrogens (tertiary/aromatic N) is 3. The van der Waals surface area contributed by atoms with Crippen LogP contribution in [0.15, 0.2) is 12.4 Å². The Bertz CT molecular complexity index is 270. The summed E-state index contributed by atoms with van der Waals surface area (Å²) in [4.78, 5) is 10.7. The van der Waals surface area contributed by atoms with Crippen LogP contribution in [0.1, 0.15) is 25.8 Å². The van der Waals surface area contributed by atoms with Gasteiger partial charge in [-0.3, -0.25) is 0 Å². The van der Waals surface area contributed by atoms with Gasteiger partial charge < -0.3 is 10.2 Å². The predicted molar refractivity (Wildman–Crippen MR) is 63.0 cm³/mol. The van der Waals surface area contributed by atoms with Crippen LogP contribution in [0.4, 0.5) is 5.95 Å². The zero-order valence-corrected chi connectivity index (χ0v) is 9.82. The van der Waals surface area contributed by atoms with E-state index in [-0.39, 0.29) is 0 Å². The molecule has 4 nitrogen and oxygen atoms in total. The van der Waals surface area contributed by atoms with Gasteiger partial charge in [0.1, 0.15) is 0 Å². The lowest BCUT2D eigenvalue weighted by Gasteiger charge is -2.15. The number of hydrogen-bond acceptors (Lipinski definition) is 4. The van der Waals surface area contributed by atoms with Crippen molar-refractivity contribution in [1.82, 2.24) is 15.3 Å². The van der Waals surface area contributed by atoms with Gasteiger partial charge in [0.05, 0.1) is 0 Å². The van der Waals surface area contributed by atoms with Gasteiger partial charge >= 0.3 is 0 Å². The van der Waals surface area contributed by atoms with Gasteiger partial charge in [0, 0.05) is 38.1 Å². The molecule has 0 aliphatic heterocycles. The molecule has 84 valence electrons. The van der Waals surface area contributed by atoms with Gasteiger partial charge in [0.25, 0.3) is 0 Å². The van der Waals surface area contributed by atoms with Gasteiger partial charge in [-0.05, 0) is 13.0 Å². The van der Waals surface area contributed by atoms with Crippen LogP contribution in [0.5, 0.6) is 0 Å². The average molecular weight is 208 g/mol. The quantitative estimate of drug-likeness (QED) is 0.768. The monoisotopic (exact) mass is 208 g/mol. The lowest BCUT2D eigenvalue weighted by molar-refractivity contribution is 0.719. The summed E-state index contributed by atoms with van der Waals surface area (Å²) in [6, 6.07) is 0. The molecule has 1 N–H and O–H groups in total. The summed E-state index contributed by atoms with van der Waals surface area (Å²) < 4.78 is 0. The Hall–Kier alpha value is -1.16. The van der Waals surface area contributed by atoms with Gasteiger partial charge in [0.15, 0.2) is 0 Å². The number of hydrogen-bond donors (Lipinski definition) is 1. The molecule has 0 unspecified atom stereocenters. The molecule has 0 bridgehead atoms. The van der Waals surface area contributed by atoms with Crippen molar-refractivity contribution >= 4 is 5.95 Å². The fourth-order valence-electron chi connectivity index (χ4n) is 1.34. The molecule has 15 heavy (non-hydrogen) atoms. The lowest BCUT2D eigenvalue weighted by Crippen LogP contribution is -2.20. The SMILES string of the molecule is CCCN(C)c1ncc(CNCC)cn1. The minimum atomic E-state index is 0.803. The normalized spacial score (nSPS) is 10.3. The second-order valence-electron chi connectivity index (χ2n) is 3.59. The Balaban J connectivity index is 2.55. The predicted octanol–water partition coefficient (Wildman–Crippen LogP) is 1.43. The van der Waals surface area contributed by atoms with E-state index in [1.165, 1.54) is 0 Å². The van der Waals surface area contributed by atoms with Crippen LogP contribution in [0, 0.1) is 0 Å². The fraction of sp³-hybridized carbons (Fsp3) is 0.636. The summed E-state index contributed by atoms with van der Waals surface area (Å²) in [6.45, 7) is 7.04. The van der Waals surface area contributed by atoms with Gasteiger partial charge in [0.2, 0.25) is 5.95 Å². The Morgan fingerprint density at radius 3 is 2.47 bits per heavy atom. The van der Waals surface area contributed by atoms with Crippen molar-refractivity contribution in [1.29, 1.82) is 0 Å². The molecule has 0 aliphatic carbocycles. The Kier molecular flexibility index (Phi) is 5.04. The van der Waals surface area contributed by atoms with Gasteiger partial charge in [-0.2, -0.15) is 0 Å². The van der Waals surface area contributed by atoms with E-state index in [2.05, 4.69) is 34.0 Å². The summed E-state index contributed by atoms with van der Waals surface area (Å²) in [7, 11) is 2.02. The molecule has 1 rings (SSSR count). The van der Waals surface area contributed by atoms with E-state index >= 15 is 0 Å². The van der Waals surface area contributed by atoms with Crippen LogP contribution < -0.4 is 10.2 Å². The van der Waals surface area contributed by atoms with Crippen LogP contribution in [-0.2, 0) is 6.54 Å². The van der Waals surface area contributed by atoms with E-state index in [1.54, 1.807) is 0 Å². The summed E-state index contributed by atoms with van der Waals surface area (Å²) in [5, 5.41) is 3.24. The van der Waals surface area contributed by atoms with Crippen molar-refractivity contribution in [2.24, 2.45) is 0 Å². The third kappa shape index (κ3) is 3.83. The first-order chi connectivity index (χ1) is 7.27. The van der Waals surface area contributed by atoms with Crippen molar-refractivity contribution < 1.29 is 0 Å². The fourth-order valence-corrected chi connectivity index (χ4v) is 1.34. The van der Waals surface area contributed by atoms with Crippen LogP contribution in [0.3, 0.4) is 0 Å². The first kappa shape index (κ1) is 11.9. The van der Waals surface area contributed by atoms with E-state index in [0.29, 0.717) is 0 Å². The Morgan fingerprint density at radius 1 is 1.27 bits per heavy atom. The second-order valence-corrected chi connectivity index (χ2v) is 3.59. The highest BCUT2D eigenvalue weighted by Crippen LogP contribution is 2.05. The topological polar surface area (TPSA) is 41.1 Å². The molecule has 0 aromatic carbocycles. The zero-order valence-electron chi connectivity index (χ0n) is 9.82. The standard InChI is InChI=1S/C11H20N4/c1-4-6-15(3)11-13-8-10(9-14-11)7-12-5-2/h8-9,12H,4-7H2,1-3H3. The molecule has 0 radical (unpaired) electrons. The number of anilines is 1. The van der Waals surface area contributed by atoms with Gasteiger partial charge in [-0.15, -0.1) is 0 Å². The molecule has 0 atom stereocenters. The molecule has 0 aliphatic rings. The Labute approximate surface area is 91.7 Å². The van der Waals surface area contributed by atoms with Crippen LogP contribution in [0.2, 0.25) is 0 Å². The van der Waals surface area contributed by atoms with Crippen molar-refractivity contribution in [3.63, 3.8) is 0 Å². The number of rotatable bonds is 6. The molecular weight excluding hydrogens is 188 g/mol. The maximum absolute atomic E-state index is 4.32. The maximum Gasteiger partial charge on any atom is 0.224 e. The van der Waals surface area contributed by atoms with E-state index < -0.39 is 0 Å². The van der Waals surface area contributed by atoms with Crippen molar-refractivity contribution in [3.05, 3.63) is 18.0 Å². The van der Waals surface area contributed by atoms with Crippen molar-refractivity contribution in [2.45, 2.75) is 26.8 Å². The molecule has 0 spiro atoms. The molecule has 0 saturated carbocycles. The summed E-state index contributed by atoms with van der Waals surface area (Å²) >= 11 is 0. The zero-order chi connectivity index (χ0) is 11.1. The van der Waals surface area contributed by atoms with E-state index in [1.807, 2.05) is 19.4 Å². The van der Waals surface area contributed by atoms with Crippen LogP contribution in [-0.4, -0.2) is 30.1 Å². The number of nitrogens with one attached hydrogen (secondary N) is 1. The van der Waals surface area contributed by atoms with E-state index in [9.17, 15) is 0 Å². The third-order valence-electron chi connectivity index (χ3n) is 2.17. The largest absolute Gasteiger partial charge is 0.344 e. The van der Waals surface area contributed by atoms with Gasteiger partial charge in [-0.1, -0.05) is 13.8 Å². The molecule has 0 amide bonds. The maximum atomic E-state index is 4.32. The highest BCUT2D eigenvalue weighted by molar-refractivity contribution is 5.27. The molecule has 1 aromatic rings. The molecule has 4 heteroatoms. The molecular formula is C11H20N4. The number of aromatic nitrogens is 2. The smallest absolute Gasteiger partial charge is 0.224 e. The Morgan fingerprint density at radius 2 is 1.93 bits per heavy atom. The molecule has 0 saturated heterocycles. The van der Waals surface area contributed by atoms with E-state index in [4.69, 9.17) is 0 Å². The summed E-state index contributed by atoms with van der Waals surface area (Å²) in [6.07, 6.45) is 4.88. The summed E-state index contributed by atoms with van der Waals surface area (Å²) in [5.74, 6) is 0.803. The second kappa shape index (κ2) is 6.35. The third-order valence-corrected chi connectivity index (χ3v) is 2.17. The van der Waals surface area contributed by atoms with Crippen molar-refractivity contribution in [2.75, 3.05) is 25.0 Å². The first-order valence-corrected chi connectivity index (χ1v) is 5.50. The molecule has 1 heterocycles. The van der Waals surface area contributed by atoms with Gasteiger partial charge in [-0.25, -0.2) is 9.97 Å². The highest BCUT2D eigenvalue weighted by atomic mass is 15.2. The first-order valence-electron chi connectivity index (χ1n) is 5.50.